The predicted octanol–water partition coefficient (Wildman–Crippen LogP) is 1.35. The first-order chi connectivity index (χ1) is 13.3. The maximum absolute atomic E-state index is 12.8. The number of aryl methyl sites for hydroxylation is 1. The predicted molar refractivity (Wildman–Crippen MR) is 88.4 cm³/mol. The topological polar surface area (TPSA) is 104 Å². The van der Waals surface area contributed by atoms with Crippen LogP contribution in [0.2, 0.25) is 0 Å². The molecule has 4 rings (SSSR count). The summed E-state index contributed by atoms with van der Waals surface area (Å²) in [6, 6.07) is 4.05. The fourth-order valence-corrected chi connectivity index (χ4v) is 2.96. The Morgan fingerprint density at radius 1 is 1.39 bits per heavy atom. The zero-order valence-corrected chi connectivity index (χ0v) is 14.5. The number of benzene rings is 1. The van der Waals surface area contributed by atoms with Gasteiger partial charge >= 0.3 is 17.8 Å². The molecular weight excluding hydrogens is 383 g/mol. The van der Waals surface area contributed by atoms with Gasteiger partial charge in [0.25, 0.3) is 5.95 Å². The number of ether oxygens (including phenoxy) is 1. The number of nitrogens with one attached hydrogen (secondary N) is 1. The van der Waals surface area contributed by atoms with Crippen LogP contribution in [0.5, 0.6) is 5.75 Å². The third-order valence-electron chi connectivity index (χ3n) is 4.42. The first kappa shape index (κ1) is 18.2. The molecule has 0 saturated carbocycles. The van der Waals surface area contributed by atoms with E-state index in [1.165, 1.54) is 22.8 Å². The molecular formula is C16H14F3N5O4. The van der Waals surface area contributed by atoms with Gasteiger partial charge in [-0.2, -0.15) is 18.2 Å². The molecule has 28 heavy (non-hydrogen) atoms. The number of para-hydroxylation sites is 1. The molecule has 0 bridgehead atoms. The smallest absolute Gasteiger partial charge is 0.418 e. The summed E-state index contributed by atoms with van der Waals surface area (Å²) in [6.45, 7) is 3.10. The number of imidazole rings is 1. The Hall–Kier alpha value is -3.15. The molecule has 1 saturated heterocycles. The first-order valence-corrected chi connectivity index (χ1v) is 8.39. The van der Waals surface area contributed by atoms with E-state index in [1.807, 2.05) is 0 Å². The number of esters is 1. The minimum Gasteiger partial charge on any atom is -0.418 e. The number of halogens is 3. The van der Waals surface area contributed by atoms with Gasteiger partial charge in [-0.25, -0.2) is 14.2 Å². The Balaban J connectivity index is 1.85. The van der Waals surface area contributed by atoms with Crippen molar-refractivity contribution in [2.75, 3.05) is 13.1 Å². The molecule has 12 heteroatoms. The lowest BCUT2D eigenvalue weighted by Gasteiger charge is -2.22. The van der Waals surface area contributed by atoms with Crippen LogP contribution in [0.15, 0.2) is 27.5 Å². The van der Waals surface area contributed by atoms with E-state index in [1.54, 1.807) is 6.92 Å². The van der Waals surface area contributed by atoms with Crippen molar-refractivity contribution in [1.29, 1.82) is 0 Å². The number of rotatable bonds is 4. The summed E-state index contributed by atoms with van der Waals surface area (Å²) in [5.74, 6) is -2.40. The van der Waals surface area contributed by atoms with Crippen molar-refractivity contribution >= 4 is 17.0 Å². The molecule has 1 N–H and O–H groups in total. The van der Waals surface area contributed by atoms with Crippen molar-refractivity contribution in [3.8, 4) is 11.7 Å². The average molecular weight is 397 g/mol. The summed E-state index contributed by atoms with van der Waals surface area (Å²) in [5, 5.41) is 6.89. The number of alkyl halides is 3. The minimum atomic E-state index is -5.17. The standard InChI is InChI=1S/C16H14F3N5O4/c1-2-23-11-9(4-3-5-10(11)27-13(25)16(17,18)19)24(15(23)26)14-21-12(28-22-14)8-6-20-7-8/h3-5,8,20H,2,6-7H2,1H3. The molecule has 0 unspecified atom stereocenters. The van der Waals surface area contributed by atoms with E-state index in [0.29, 0.717) is 19.0 Å². The van der Waals surface area contributed by atoms with Crippen LogP contribution in [0, 0.1) is 0 Å². The van der Waals surface area contributed by atoms with E-state index in [-0.39, 0.29) is 35.2 Å². The normalized spacial score (nSPS) is 15.0. The molecule has 1 aliphatic heterocycles. The Kier molecular flexibility index (Phi) is 4.22. The van der Waals surface area contributed by atoms with Gasteiger partial charge in [0.1, 0.15) is 5.52 Å². The van der Waals surface area contributed by atoms with E-state index < -0.39 is 17.8 Å². The fourth-order valence-electron chi connectivity index (χ4n) is 2.96. The number of hydrogen-bond acceptors (Lipinski definition) is 7. The average Bonchev–Trinajstić information content (AvgIpc) is 3.14. The molecule has 3 heterocycles. The van der Waals surface area contributed by atoms with Crippen LogP contribution < -0.4 is 15.7 Å². The maximum atomic E-state index is 12.8. The lowest BCUT2D eigenvalue weighted by atomic mass is 10.0. The molecule has 1 fully saturated rings. The third kappa shape index (κ3) is 2.85. The second kappa shape index (κ2) is 6.48. The van der Waals surface area contributed by atoms with Crippen molar-refractivity contribution < 1.29 is 27.2 Å². The van der Waals surface area contributed by atoms with Crippen LogP contribution in [-0.4, -0.2) is 44.5 Å². The highest BCUT2D eigenvalue weighted by Gasteiger charge is 2.42. The van der Waals surface area contributed by atoms with Gasteiger partial charge in [0.2, 0.25) is 5.89 Å². The molecule has 148 valence electrons. The highest BCUT2D eigenvalue weighted by Crippen LogP contribution is 2.29. The zero-order chi connectivity index (χ0) is 20.1. The van der Waals surface area contributed by atoms with Crippen molar-refractivity contribution in [2.24, 2.45) is 0 Å². The van der Waals surface area contributed by atoms with Crippen molar-refractivity contribution in [3.63, 3.8) is 0 Å². The van der Waals surface area contributed by atoms with E-state index in [0.717, 1.165) is 4.57 Å². The molecule has 9 nitrogen and oxygen atoms in total. The molecule has 0 spiro atoms. The van der Waals surface area contributed by atoms with Gasteiger partial charge in [-0.05, 0) is 24.2 Å². The molecule has 0 atom stereocenters. The van der Waals surface area contributed by atoms with Gasteiger partial charge in [0.15, 0.2) is 5.75 Å². The lowest BCUT2D eigenvalue weighted by Crippen LogP contribution is -2.40. The van der Waals surface area contributed by atoms with Crippen LogP contribution in [0.4, 0.5) is 13.2 Å². The van der Waals surface area contributed by atoms with Gasteiger partial charge in [-0.3, -0.25) is 4.57 Å². The largest absolute Gasteiger partial charge is 0.491 e. The summed E-state index contributed by atoms with van der Waals surface area (Å²) in [5.41, 5.74) is -0.366. The van der Waals surface area contributed by atoms with E-state index in [2.05, 4.69) is 20.2 Å². The molecule has 0 aliphatic carbocycles. The maximum Gasteiger partial charge on any atom is 0.491 e. The third-order valence-corrected chi connectivity index (χ3v) is 4.42. The van der Waals surface area contributed by atoms with E-state index >= 15 is 0 Å². The summed E-state index contributed by atoms with van der Waals surface area (Å²) < 4.78 is 49.8. The Bertz CT molecular complexity index is 1110. The quantitative estimate of drug-likeness (QED) is 0.523. The van der Waals surface area contributed by atoms with Gasteiger partial charge < -0.3 is 14.6 Å². The number of fused-ring (bicyclic) bond motifs is 1. The Morgan fingerprint density at radius 3 is 2.75 bits per heavy atom. The highest BCUT2D eigenvalue weighted by molar-refractivity contribution is 5.88. The van der Waals surface area contributed by atoms with Gasteiger partial charge in [-0.1, -0.05) is 6.07 Å². The first-order valence-electron chi connectivity index (χ1n) is 8.39. The van der Waals surface area contributed by atoms with E-state index in [4.69, 9.17) is 4.52 Å². The number of aromatic nitrogens is 4. The number of nitrogens with zero attached hydrogens (tertiary/aromatic N) is 4. The molecule has 1 aromatic carbocycles. The molecule has 0 radical (unpaired) electrons. The van der Waals surface area contributed by atoms with Crippen LogP contribution in [0.1, 0.15) is 18.7 Å². The molecule has 0 amide bonds. The second-order valence-corrected chi connectivity index (χ2v) is 6.16. The minimum absolute atomic E-state index is 0.0317. The molecule has 3 aromatic rings. The van der Waals surface area contributed by atoms with Crippen LogP contribution in [0.3, 0.4) is 0 Å². The molecule has 1 aliphatic rings. The fraction of sp³-hybridized carbons (Fsp3) is 0.375. The van der Waals surface area contributed by atoms with Gasteiger partial charge in [-0.15, -0.1) is 0 Å². The van der Waals surface area contributed by atoms with Crippen molar-refractivity contribution in [3.05, 3.63) is 34.6 Å². The summed E-state index contributed by atoms with van der Waals surface area (Å²) in [4.78, 5) is 28.4. The second-order valence-electron chi connectivity index (χ2n) is 6.16. The van der Waals surface area contributed by atoms with Crippen LogP contribution >= 0.6 is 0 Å². The SMILES string of the molecule is CCn1c(=O)n(-c2noc(C3CNC3)n2)c2cccc(OC(=O)C(F)(F)F)c21. The van der Waals surface area contributed by atoms with Crippen molar-refractivity contribution in [1.82, 2.24) is 24.6 Å². The number of hydrogen-bond donors (Lipinski definition) is 1. The summed E-state index contributed by atoms with van der Waals surface area (Å²) in [7, 11) is 0. The summed E-state index contributed by atoms with van der Waals surface area (Å²) >= 11 is 0. The van der Waals surface area contributed by atoms with E-state index in [9.17, 15) is 22.8 Å². The van der Waals surface area contributed by atoms with Crippen LogP contribution in [-0.2, 0) is 11.3 Å². The zero-order valence-electron chi connectivity index (χ0n) is 14.5. The van der Waals surface area contributed by atoms with Gasteiger partial charge in [0.05, 0.1) is 11.4 Å². The lowest BCUT2D eigenvalue weighted by molar-refractivity contribution is -0.189. The monoisotopic (exact) mass is 397 g/mol. The summed E-state index contributed by atoms with van der Waals surface area (Å²) in [6.07, 6.45) is -5.17. The van der Waals surface area contributed by atoms with Crippen molar-refractivity contribution in [2.45, 2.75) is 25.6 Å². The Labute approximate surface area is 154 Å². The molecule has 2 aromatic heterocycles. The number of carbonyl (C=O) groups is 1. The highest BCUT2D eigenvalue weighted by atomic mass is 19.4. The number of carbonyl (C=O) groups excluding carboxylic acids is 1. The van der Waals surface area contributed by atoms with Crippen LogP contribution in [0.25, 0.3) is 17.0 Å². The van der Waals surface area contributed by atoms with Gasteiger partial charge in [0, 0.05) is 19.6 Å². The Morgan fingerprint density at radius 2 is 2.14 bits per heavy atom.